The smallest absolute Gasteiger partial charge is 0.0536 e. The lowest BCUT2D eigenvalue weighted by molar-refractivity contribution is 0.881. The molecule has 2 aliphatic rings. The zero-order valence-electron chi connectivity index (χ0n) is 34.8. The van der Waals surface area contributed by atoms with Crippen LogP contribution < -0.4 is 9.80 Å². The minimum atomic E-state index is 0.958. The van der Waals surface area contributed by atoms with Gasteiger partial charge in [0.25, 0.3) is 0 Å². The molecule has 0 heterocycles. The van der Waals surface area contributed by atoms with Gasteiger partial charge in [0.2, 0.25) is 0 Å². The van der Waals surface area contributed by atoms with Crippen LogP contribution in [0.15, 0.2) is 260 Å². The monoisotopic (exact) mass is 796 g/mol. The zero-order chi connectivity index (χ0) is 41.5. The van der Waals surface area contributed by atoms with Gasteiger partial charge in [0, 0.05) is 34.0 Å². The van der Waals surface area contributed by atoms with Crippen LogP contribution in [0.1, 0.15) is 31.2 Å². The number of hydrogen-bond acceptors (Lipinski definition) is 2. The largest absolute Gasteiger partial charge is 0.310 e. The number of rotatable bonds is 11. The Morgan fingerprint density at radius 2 is 0.758 bits per heavy atom. The van der Waals surface area contributed by atoms with Gasteiger partial charge in [-0.25, -0.2) is 0 Å². The van der Waals surface area contributed by atoms with Crippen molar-refractivity contribution in [2.45, 2.75) is 25.7 Å². The van der Waals surface area contributed by atoms with Crippen LogP contribution in [0.5, 0.6) is 0 Å². The van der Waals surface area contributed by atoms with Crippen LogP contribution >= 0.6 is 0 Å². The molecule has 0 bridgehead atoms. The topological polar surface area (TPSA) is 6.48 Å². The third-order valence-electron chi connectivity index (χ3n) is 12.1. The molecule has 10 rings (SSSR count). The standard InChI is InChI=1S/C60H48N2/c1-5-18-45(19-6-1)47-36-40-55(41-37-47)61(53-24-9-3-10-25-53)59-30-15-13-28-57(59)49-32-34-50(35-33-49)58-29-14-16-31-60(58)62(54-26-11-4-12-27-54)56-42-38-48(39-43-56)52-23-17-22-51(44-52)46-20-7-2-8-21-46/h1-12,14-27,29-32,34,36-44H,13,28,33,35H2. The Morgan fingerprint density at radius 3 is 1.35 bits per heavy atom. The van der Waals surface area contributed by atoms with E-state index in [0.717, 1.165) is 48.4 Å². The molecule has 0 unspecified atom stereocenters. The molecule has 0 aliphatic heterocycles. The fourth-order valence-corrected chi connectivity index (χ4v) is 8.99. The summed E-state index contributed by atoms with van der Waals surface area (Å²) in [6.07, 6.45) is 13.4. The number of para-hydroxylation sites is 3. The maximum atomic E-state index is 2.44. The second-order valence-corrected chi connectivity index (χ2v) is 16.0. The van der Waals surface area contributed by atoms with Crippen molar-refractivity contribution in [2.24, 2.45) is 0 Å². The zero-order valence-corrected chi connectivity index (χ0v) is 34.8. The lowest BCUT2D eigenvalue weighted by Gasteiger charge is -2.32. The molecule has 8 aromatic rings. The lowest BCUT2D eigenvalue weighted by atomic mass is 9.85. The average molecular weight is 797 g/mol. The highest BCUT2D eigenvalue weighted by molar-refractivity contribution is 5.88. The number of anilines is 5. The third-order valence-corrected chi connectivity index (χ3v) is 12.1. The van der Waals surface area contributed by atoms with Gasteiger partial charge in [-0.05, 0) is 143 Å². The highest BCUT2D eigenvalue weighted by atomic mass is 15.2. The highest BCUT2D eigenvalue weighted by Gasteiger charge is 2.24. The van der Waals surface area contributed by atoms with E-state index < -0.39 is 0 Å². The summed E-state index contributed by atoms with van der Waals surface area (Å²) in [6, 6.07) is 78.6. The molecule has 2 nitrogen and oxygen atoms in total. The first-order chi connectivity index (χ1) is 30.8. The molecule has 2 heteroatoms. The summed E-state index contributed by atoms with van der Waals surface area (Å²) in [5, 5.41) is 0. The van der Waals surface area contributed by atoms with E-state index in [2.05, 4.69) is 252 Å². The molecule has 0 atom stereocenters. The van der Waals surface area contributed by atoms with Crippen molar-refractivity contribution >= 4 is 34.0 Å². The Bertz CT molecular complexity index is 2910. The fraction of sp³-hybridized carbons (Fsp3) is 0.0667. The van der Waals surface area contributed by atoms with Crippen LogP contribution in [0.3, 0.4) is 0 Å². The van der Waals surface area contributed by atoms with E-state index in [0.29, 0.717) is 0 Å². The van der Waals surface area contributed by atoms with E-state index in [4.69, 9.17) is 0 Å². The Hall–Kier alpha value is -7.68. The maximum Gasteiger partial charge on any atom is 0.0536 e. The Morgan fingerprint density at radius 1 is 0.323 bits per heavy atom. The van der Waals surface area contributed by atoms with Crippen LogP contribution in [0, 0.1) is 0 Å². The summed E-state index contributed by atoms with van der Waals surface area (Å²) < 4.78 is 0. The molecule has 0 radical (unpaired) electrons. The lowest BCUT2D eigenvalue weighted by Crippen LogP contribution is -2.19. The van der Waals surface area contributed by atoms with Crippen molar-refractivity contribution in [3.8, 4) is 33.4 Å². The molecule has 0 saturated carbocycles. The molecule has 2 aliphatic carbocycles. The molecule has 0 spiro atoms. The van der Waals surface area contributed by atoms with Gasteiger partial charge in [-0.15, -0.1) is 0 Å². The minimum Gasteiger partial charge on any atom is -0.310 e. The van der Waals surface area contributed by atoms with E-state index in [1.54, 1.807) is 0 Å². The number of hydrogen-bond donors (Lipinski definition) is 0. The predicted molar refractivity (Wildman–Crippen MR) is 263 cm³/mol. The normalized spacial score (nSPS) is 13.6. The van der Waals surface area contributed by atoms with Gasteiger partial charge in [-0.3, -0.25) is 0 Å². The molecular formula is C60H48N2. The Balaban J connectivity index is 0.992. The molecule has 8 aromatic carbocycles. The summed E-state index contributed by atoms with van der Waals surface area (Å²) in [4.78, 5) is 4.85. The van der Waals surface area contributed by atoms with Crippen molar-refractivity contribution in [3.05, 3.63) is 265 Å². The predicted octanol–water partition coefficient (Wildman–Crippen LogP) is 16.7. The van der Waals surface area contributed by atoms with E-state index in [-0.39, 0.29) is 0 Å². The summed E-state index contributed by atoms with van der Waals surface area (Å²) in [5.41, 5.74) is 19.8. The van der Waals surface area contributed by atoms with Crippen LogP contribution in [0.4, 0.5) is 28.4 Å². The van der Waals surface area contributed by atoms with Crippen LogP contribution in [-0.4, -0.2) is 0 Å². The van der Waals surface area contributed by atoms with Gasteiger partial charge < -0.3 is 9.80 Å². The molecule has 0 aromatic heterocycles. The molecule has 0 amide bonds. The molecule has 0 saturated heterocycles. The first-order valence-electron chi connectivity index (χ1n) is 21.8. The molecular weight excluding hydrogens is 749 g/mol. The van der Waals surface area contributed by atoms with Gasteiger partial charge in [-0.1, -0.05) is 176 Å². The quantitative estimate of drug-likeness (QED) is 0.129. The SMILES string of the molecule is C1=CC(N(c2ccccc2)c2ccc(-c3ccccc3)cc2)=C(C2=CC=C(c3ccccc3N(c3ccccc3)c3ccc(-c4cccc(-c5ccccc5)c4)cc3)CC2)CC1. The second-order valence-electron chi connectivity index (χ2n) is 16.0. The van der Waals surface area contributed by atoms with E-state index in [1.807, 2.05) is 0 Å². The van der Waals surface area contributed by atoms with E-state index in [1.165, 1.54) is 67.0 Å². The van der Waals surface area contributed by atoms with Crippen LogP contribution in [0.2, 0.25) is 0 Å². The first kappa shape index (κ1) is 38.5. The van der Waals surface area contributed by atoms with Crippen molar-refractivity contribution in [3.63, 3.8) is 0 Å². The molecule has 0 fully saturated rings. The summed E-state index contributed by atoms with van der Waals surface area (Å²) in [5.74, 6) is 0. The van der Waals surface area contributed by atoms with Gasteiger partial charge in [0.05, 0.1) is 5.69 Å². The van der Waals surface area contributed by atoms with Crippen molar-refractivity contribution < 1.29 is 0 Å². The van der Waals surface area contributed by atoms with Gasteiger partial charge >= 0.3 is 0 Å². The van der Waals surface area contributed by atoms with Gasteiger partial charge in [0.1, 0.15) is 0 Å². The Labute approximate surface area is 366 Å². The maximum absolute atomic E-state index is 2.44. The van der Waals surface area contributed by atoms with Gasteiger partial charge in [0.15, 0.2) is 0 Å². The number of allylic oxidation sites excluding steroid dienone is 7. The summed E-state index contributed by atoms with van der Waals surface area (Å²) in [6.45, 7) is 0. The molecule has 0 N–H and O–H groups in total. The fourth-order valence-electron chi connectivity index (χ4n) is 8.99. The van der Waals surface area contributed by atoms with Crippen molar-refractivity contribution in [1.29, 1.82) is 0 Å². The van der Waals surface area contributed by atoms with Crippen molar-refractivity contribution in [2.75, 3.05) is 9.80 Å². The van der Waals surface area contributed by atoms with E-state index in [9.17, 15) is 0 Å². The average Bonchev–Trinajstić information content (AvgIpc) is 3.36. The van der Waals surface area contributed by atoms with Crippen LogP contribution in [0.25, 0.3) is 39.0 Å². The number of benzene rings is 8. The highest BCUT2D eigenvalue weighted by Crippen LogP contribution is 2.44. The minimum absolute atomic E-state index is 0.958. The van der Waals surface area contributed by atoms with Gasteiger partial charge in [-0.2, -0.15) is 0 Å². The number of nitrogens with zero attached hydrogens (tertiary/aromatic N) is 2. The third kappa shape index (κ3) is 8.11. The summed E-state index contributed by atoms with van der Waals surface area (Å²) >= 11 is 0. The second kappa shape index (κ2) is 17.9. The molecule has 298 valence electrons. The van der Waals surface area contributed by atoms with Crippen LogP contribution in [-0.2, 0) is 0 Å². The molecule has 62 heavy (non-hydrogen) atoms. The van der Waals surface area contributed by atoms with Crippen molar-refractivity contribution in [1.82, 2.24) is 0 Å². The first-order valence-corrected chi connectivity index (χ1v) is 21.8. The van der Waals surface area contributed by atoms with E-state index >= 15 is 0 Å². The Kier molecular flexibility index (Phi) is 11.1. The summed E-state index contributed by atoms with van der Waals surface area (Å²) in [7, 11) is 0.